The molecule has 0 spiro atoms. The molecule has 2 aliphatic heterocycles. The Labute approximate surface area is 421 Å². The third-order valence-electron chi connectivity index (χ3n) is 13.9. The number of aliphatic carboxylic acids is 1. The highest BCUT2D eigenvalue weighted by molar-refractivity contribution is 5.90. The lowest BCUT2D eigenvalue weighted by atomic mass is 9.89. The van der Waals surface area contributed by atoms with E-state index >= 15 is 0 Å². The summed E-state index contributed by atoms with van der Waals surface area (Å²) < 4.78 is 29.3. The van der Waals surface area contributed by atoms with E-state index in [1.807, 2.05) is 41.5 Å². The fraction of sp³-hybridized carbons (Fsp3) is 0.714. The highest BCUT2D eigenvalue weighted by Gasteiger charge is 2.48. The first kappa shape index (κ1) is 59.3. The van der Waals surface area contributed by atoms with Gasteiger partial charge in [0.05, 0.1) is 54.9 Å². The number of methoxy groups -OCH3 is 2. The number of hydrogen-bond donors (Lipinski definition) is 7. The molecule has 23 nitrogen and oxygen atoms in total. The minimum absolute atomic E-state index is 0.0131. The third-order valence-corrected chi connectivity index (χ3v) is 13.9. The van der Waals surface area contributed by atoms with Crippen molar-refractivity contribution < 1.29 is 72.9 Å². The van der Waals surface area contributed by atoms with Gasteiger partial charge in [0.25, 0.3) is 0 Å². The summed E-state index contributed by atoms with van der Waals surface area (Å²) in [5, 5.41) is 56.7. The van der Waals surface area contributed by atoms with Gasteiger partial charge in [0.1, 0.15) is 36.7 Å². The molecule has 0 saturated carbocycles. The number of likely N-dealkylation sites (tertiary alicyclic amines) is 1. The maximum atomic E-state index is 14.4. The highest BCUT2D eigenvalue weighted by atomic mass is 16.7. The zero-order chi connectivity index (χ0) is 53.7. The number of aliphatic hydroxyl groups excluding tert-OH is 3. The van der Waals surface area contributed by atoms with Crippen LogP contribution in [0.2, 0.25) is 0 Å². The number of aromatic nitrogens is 3. The lowest BCUT2D eigenvalue weighted by Crippen LogP contribution is -2.59. The molecule has 2 aliphatic rings. The third kappa shape index (κ3) is 14.5. The predicted molar refractivity (Wildman–Crippen MR) is 258 cm³/mol. The molecule has 1 aromatic heterocycles. The van der Waals surface area contributed by atoms with Gasteiger partial charge < -0.3 is 69.9 Å². The zero-order valence-electron chi connectivity index (χ0n) is 43.5. The zero-order valence-corrected chi connectivity index (χ0v) is 43.5. The lowest BCUT2D eigenvalue weighted by molar-refractivity contribution is -0.249. The molecule has 4 amide bonds. The Kier molecular flexibility index (Phi) is 22.3. The predicted octanol–water partition coefficient (Wildman–Crippen LogP) is 1.55. The summed E-state index contributed by atoms with van der Waals surface area (Å²) in [6, 6.07) is 5.49. The molecule has 7 N–H and O–H groups in total. The van der Waals surface area contributed by atoms with E-state index in [2.05, 4.69) is 26.3 Å². The molecule has 23 heteroatoms. The fourth-order valence-electron chi connectivity index (χ4n) is 9.64. The van der Waals surface area contributed by atoms with Crippen LogP contribution in [-0.4, -0.2) is 183 Å². The highest BCUT2D eigenvalue weighted by Crippen LogP contribution is 2.32. The monoisotopic (exact) mass is 1020 g/mol. The van der Waals surface area contributed by atoms with Gasteiger partial charge in [-0.3, -0.25) is 19.2 Å². The van der Waals surface area contributed by atoms with Gasteiger partial charge in [0.15, 0.2) is 18.4 Å². The number of carboxylic acids is 1. The van der Waals surface area contributed by atoms with E-state index < -0.39 is 110 Å². The van der Waals surface area contributed by atoms with Crippen molar-refractivity contribution in [2.45, 2.75) is 167 Å². The topological polar surface area (TPSA) is 303 Å². The van der Waals surface area contributed by atoms with Crippen LogP contribution >= 0.6 is 0 Å². The van der Waals surface area contributed by atoms with Crippen molar-refractivity contribution in [1.82, 2.24) is 40.7 Å². The van der Waals surface area contributed by atoms with Crippen LogP contribution in [-0.2, 0) is 54.3 Å². The number of aliphatic hydroxyl groups is 3. The first-order valence-corrected chi connectivity index (χ1v) is 24.6. The first-order valence-electron chi connectivity index (χ1n) is 24.6. The molecule has 72 heavy (non-hydrogen) atoms. The van der Waals surface area contributed by atoms with Crippen molar-refractivity contribution in [3.05, 3.63) is 47.8 Å². The number of carboxylic acid groups (broad SMARTS) is 1. The minimum Gasteiger partial charge on any atom is -0.479 e. The van der Waals surface area contributed by atoms with Gasteiger partial charge in [-0.2, -0.15) is 0 Å². The molecule has 15 atom stereocenters. The van der Waals surface area contributed by atoms with Crippen LogP contribution in [0.3, 0.4) is 0 Å². The number of benzene rings is 1. The van der Waals surface area contributed by atoms with Crippen LogP contribution in [0.25, 0.3) is 0 Å². The second-order valence-electron chi connectivity index (χ2n) is 19.6. The molecule has 0 radical (unpaired) electrons. The molecule has 4 rings (SSSR count). The van der Waals surface area contributed by atoms with Crippen molar-refractivity contribution in [1.29, 1.82) is 0 Å². The Balaban J connectivity index is 1.44. The molecule has 404 valence electrons. The normalized spacial score (nSPS) is 24.0. The van der Waals surface area contributed by atoms with E-state index in [9.17, 15) is 49.2 Å². The number of ether oxygens (including phenoxy) is 5. The van der Waals surface area contributed by atoms with Crippen LogP contribution < -0.4 is 16.0 Å². The second kappa shape index (κ2) is 27.1. The number of carbonyl (C=O) groups is 6. The summed E-state index contributed by atoms with van der Waals surface area (Å²) in [7, 11) is 6.39. The molecular formula is C49H78N8O15. The van der Waals surface area contributed by atoms with Crippen molar-refractivity contribution in [2.24, 2.45) is 23.7 Å². The van der Waals surface area contributed by atoms with Gasteiger partial charge in [-0.05, 0) is 50.1 Å². The maximum absolute atomic E-state index is 14.4. The molecule has 3 heterocycles. The van der Waals surface area contributed by atoms with Gasteiger partial charge in [0.2, 0.25) is 23.6 Å². The van der Waals surface area contributed by atoms with E-state index in [1.165, 1.54) is 20.4 Å². The maximum Gasteiger partial charge on any atom is 0.509 e. The summed E-state index contributed by atoms with van der Waals surface area (Å²) in [6.45, 7) is 14.9. The Morgan fingerprint density at radius 3 is 2.11 bits per heavy atom. The molecule has 2 aromatic rings. The minimum atomic E-state index is -1.91. The standard InChI is InChI=1S/C49H78N8O15/c1-13-27(6)37(55(10)46(64)36(26(4)5)52-45(63)35(50-9)25(2)3)33(68-11)22-34(58)56-21-17-20-32(56)41(69-12)28(7)44(62)51-29(8)42(30-18-15-14-16-19-30)72-49(67)70-24-31-23-57(54-53-31)47-40(61)38(59)39(60)43(71-47)48(65)66/h14-16,18-19,23,25-29,32-33,35-43,47,50,59-61H,13,17,20-22,24H2,1-12H3,(H,51,62)(H,52,63)(H,65,66)/t27-,28+,29+,32-,33+,35-,36-,37-,38?,39?,40?,41+,42+,43?,47?/m0/s1. The van der Waals surface area contributed by atoms with Crippen LogP contribution in [0.5, 0.6) is 0 Å². The molecular weight excluding hydrogens is 941 g/mol. The lowest BCUT2D eigenvalue weighted by Gasteiger charge is -2.41. The number of nitrogens with one attached hydrogen (secondary N) is 3. The Morgan fingerprint density at radius 2 is 1.54 bits per heavy atom. The molecule has 1 aromatic carbocycles. The van der Waals surface area contributed by atoms with E-state index in [0.717, 1.165) is 4.68 Å². The fourth-order valence-corrected chi connectivity index (χ4v) is 9.64. The Hall–Kier alpha value is -5.30. The van der Waals surface area contributed by atoms with Crippen LogP contribution in [0.15, 0.2) is 36.5 Å². The average Bonchev–Trinajstić information content (AvgIpc) is 4.04. The van der Waals surface area contributed by atoms with E-state index in [-0.39, 0.29) is 47.6 Å². The van der Waals surface area contributed by atoms with Crippen LogP contribution in [0.4, 0.5) is 4.79 Å². The average molecular weight is 1020 g/mol. The van der Waals surface area contributed by atoms with Gasteiger partial charge >= 0.3 is 12.1 Å². The number of amides is 4. The number of rotatable bonds is 25. The second-order valence-corrected chi connectivity index (χ2v) is 19.6. The molecule has 5 unspecified atom stereocenters. The number of hydrogen-bond acceptors (Lipinski definition) is 17. The molecule has 0 bridgehead atoms. The van der Waals surface area contributed by atoms with Crippen molar-refractivity contribution in [3.8, 4) is 0 Å². The van der Waals surface area contributed by atoms with Gasteiger partial charge in [-0.25, -0.2) is 14.3 Å². The molecule has 2 saturated heterocycles. The Morgan fingerprint density at radius 1 is 0.889 bits per heavy atom. The van der Waals surface area contributed by atoms with E-state index in [1.54, 1.807) is 68.1 Å². The summed E-state index contributed by atoms with van der Waals surface area (Å²) >= 11 is 0. The summed E-state index contributed by atoms with van der Waals surface area (Å²) in [6.07, 6.45) is -9.62. The van der Waals surface area contributed by atoms with Gasteiger partial charge in [0, 0.05) is 27.8 Å². The molecule has 0 aliphatic carbocycles. The largest absolute Gasteiger partial charge is 0.509 e. The number of likely N-dealkylation sites (N-methyl/N-ethyl adjacent to an activating group) is 2. The summed E-state index contributed by atoms with van der Waals surface area (Å²) in [5.74, 6) is -3.96. The van der Waals surface area contributed by atoms with Gasteiger partial charge in [-0.1, -0.05) is 90.4 Å². The Bertz CT molecular complexity index is 2100. The first-order chi connectivity index (χ1) is 34.0. The van der Waals surface area contributed by atoms with Crippen molar-refractivity contribution >= 4 is 35.8 Å². The van der Waals surface area contributed by atoms with E-state index in [0.29, 0.717) is 31.4 Å². The smallest absolute Gasteiger partial charge is 0.479 e. The van der Waals surface area contributed by atoms with Crippen LogP contribution in [0, 0.1) is 23.7 Å². The van der Waals surface area contributed by atoms with Crippen molar-refractivity contribution in [2.75, 3.05) is 34.9 Å². The van der Waals surface area contributed by atoms with Crippen molar-refractivity contribution in [3.63, 3.8) is 0 Å². The summed E-state index contributed by atoms with van der Waals surface area (Å²) in [4.78, 5) is 84.3. The quantitative estimate of drug-likeness (QED) is 0.0694. The van der Waals surface area contributed by atoms with Crippen LogP contribution in [0.1, 0.15) is 105 Å². The molecule has 2 fully saturated rings. The SMILES string of the molecule is CC[C@H](C)[C@@H]([C@@H](CC(=O)N1CCC[C@H]1[C@H](OC)[C@@H](C)C(=O)N[C@H](C)[C@@H](OC(=O)OCc1cn(C2OC(C(=O)O)C(O)C(O)C2O)nn1)c1ccccc1)OC)N(C)C(=O)[C@@H](NC(=O)[C@@H](NC)C(C)C)C(C)C. The number of carbonyl (C=O) groups excluding carboxylic acids is 5. The van der Waals surface area contributed by atoms with E-state index in [4.69, 9.17) is 23.7 Å². The van der Waals surface area contributed by atoms with Gasteiger partial charge in [-0.15, -0.1) is 5.10 Å². The number of nitrogens with zero attached hydrogens (tertiary/aromatic N) is 5. The summed E-state index contributed by atoms with van der Waals surface area (Å²) in [5.41, 5.74) is 0.562.